The van der Waals surface area contributed by atoms with Crippen molar-refractivity contribution >= 4 is 11.4 Å². The summed E-state index contributed by atoms with van der Waals surface area (Å²) in [6.07, 6.45) is 2.86. The third kappa shape index (κ3) is 3.40. The summed E-state index contributed by atoms with van der Waals surface area (Å²) < 4.78 is 0. The summed E-state index contributed by atoms with van der Waals surface area (Å²) in [6, 6.07) is 1.67. The topological polar surface area (TPSA) is 85.3 Å². The van der Waals surface area contributed by atoms with Crippen molar-refractivity contribution in [3.05, 3.63) is 28.6 Å². The quantitative estimate of drug-likeness (QED) is 0.616. The zero-order chi connectivity index (χ0) is 13.8. The highest BCUT2D eigenvalue weighted by Gasteiger charge is 2.24. The molecule has 6 heteroatoms. The Bertz CT molecular complexity index is 420. The van der Waals surface area contributed by atoms with Crippen molar-refractivity contribution in [1.82, 2.24) is 4.98 Å². The SMILES string of the molecule is CCN(CC(C)(C)CN)c1ccncc1[N+](=O)[O-]. The van der Waals surface area contributed by atoms with Gasteiger partial charge in [-0.05, 0) is 24.9 Å². The van der Waals surface area contributed by atoms with Gasteiger partial charge in [-0.2, -0.15) is 0 Å². The van der Waals surface area contributed by atoms with E-state index in [0.717, 1.165) is 0 Å². The molecule has 1 heterocycles. The summed E-state index contributed by atoms with van der Waals surface area (Å²) >= 11 is 0. The molecule has 0 fully saturated rings. The van der Waals surface area contributed by atoms with Crippen molar-refractivity contribution in [1.29, 1.82) is 0 Å². The lowest BCUT2D eigenvalue weighted by Gasteiger charge is -2.32. The van der Waals surface area contributed by atoms with Crippen LogP contribution in [0.2, 0.25) is 0 Å². The summed E-state index contributed by atoms with van der Waals surface area (Å²) in [5.74, 6) is 0. The van der Waals surface area contributed by atoms with Gasteiger partial charge in [0.05, 0.1) is 4.92 Å². The second kappa shape index (κ2) is 5.77. The molecule has 18 heavy (non-hydrogen) atoms. The van der Waals surface area contributed by atoms with E-state index < -0.39 is 4.92 Å². The van der Waals surface area contributed by atoms with Crippen molar-refractivity contribution in [3.8, 4) is 0 Å². The molecule has 1 aromatic heterocycles. The Morgan fingerprint density at radius 1 is 1.56 bits per heavy atom. The molecule has 0 saturated carbocycles. The van der Waals surface area contributed by atoms with E-state index in [1.54, 1.807) is 12.3 Å². The average molecular weight is 252 g/mol. The van der Waals surface area contributed by atoms with Gasteiger partial charge in [-0.1, -0.05) is 13.8 Å². The van der Waals surface area contributed by atoms with Gasteiger partial charge in [-0.3, -0.25) is 15.1 Å². The molecule has 0 aliphatic carbocycles. The van der Waals surface area contributed by atoms with Crippen molar-refractivity contribution in [3.63, 3.8) is 0 Å². The molecule has 0 spiro atoms. The fourth-order valence-corrected chi connectivity index (χ4v) is 1.74. The van der Waals surface area contributed by atoms with E-state index in [1.165, 1.54) is 6.20 Å². The number of hydrogen-bond donors (Lipinski definition) is 1. The Morgan fingerprint density at radius 3 is 2.72 bits per heavy atom. The van der Waals surface area contributed by atoms with Crippen LogP contribution in [0.5, 0.6) is 0 Å². The maximum absolute atomic E-state index is 11.0. The number of rotatable bonds is 6. The average Bonchev–Trinajstić information content (AvgIpc) is 2.36. The van der Waals surface area contributed by atoms with Gasteiger partial charge in [0.1, 0.15) is 11.9 Å². The molecular formula is C12H20N4O2. The zero-order valence-electron chi connectivity index (χ0n) is 11.1. The molecule has 0 unspecified atom stereocenters. The van der Waals surface area contributed by atoms with E-state index in [-0.39, 0.29) is 11.1 Å². The Labute approximate surface area is 107 Å². The van der Waals surface area contributed by atoms with Crippen LogP contribution >= 0.6 is 0 Å². The van der Waals surface area contributed by atoms with Crippen molar-refractivity contribution in [2.75, 3.05) is 24.5 Å². The van der Waals surface area contributed by atoms with Crippen LogP contribution in [0.1, 0.15) is 20.8 Å². The Hall–Kier alpha value is -1.69. The Balaban J connectivity index is 3.06. The molecule has 0 aliphatic heterocycles. The third-order valence-electron chi connectivity index (χ3n) is 2.87. The molecule has 1 rings (SSSR count). The van der Waals surface area contributed by atoms with E-state index in [1.807, 2.05) is 25.7 Å². The van der Waals surface area contributed by atoms with E-state index >= 15 is 0 Å². The monoisotopic (exact) mass is 252 g/mol. The van der Waals surface area contributed by atoms with Crippen LogP contribution in [0.3, 0.4) is 0 Å². The molecule has 100 valence electrons. The number of nitro groups is 1. The minimum Gasteiger partial charge on any atom is -0.366 e. The van der Waals surface area contributed by atoms with Crippen molar-refractivity contribution in [2.24, 2.45) is 11.1 Å². The number of nitrogens with two attached hydrogens (primary N) is 1. The minimum atomic E-state index is -0.402. The van der Waals surface area contributed by atoms with Crippen molar-refractivity contribution in [2.45, 2.75) is 20.8 Å². The van der Waals surface area contributed by atoms with Crippen molar-refractivity contribution < 1.29 is 4.92 Å². The third-order valence-corrected chi connectivity index (χ3v) is 2.87. The lowest BCUT2D eigenvalue weighted by atomic mass is 9.93. The van der Waals surface area contributed by atoms with Gasteiger partial charge in [0, 0.05) is 19.3 Å². The number of aromatic nitrogens is 1. The minimum absolute atomic E-state index is 0.0344. The first kappa shape index (κ1) is 14.4. The first-order chi connectivity index (χ1) is 8.41. The fraction of sp³-hybridized carbons (Fsp3) is 0.583. The highest BCUT2D eigenvalue weighted by Crippen LogP contribution is 2.29. The largest absolute Gasteiger partial charge is 0.366 e. The number of nitrogens with zero attached hydrogens (tertiary/aromatic N) is 3. The molecule has 1 aromatic rings. The normalized spacial score (nSPS) is 11.3. The molecule has 0 aromatic carbocycles. The molecular weight excluding hydrogens is 232 g/mol. The molecule has 6 nitrogen and oxygen atoms in total. The summed E-state index contributed by atoms with van der Waals surface area (Å²) in [7, 11) is 0. The fourth-order valence-electron chi connectivity index (χ4n) is 1.74. The smallest absolute Gasteiger partial charge is 0.310 e. The van der Waals surface area contributed by atoms with Gasteiger partial charge in [-0.15, -0.1) is 0 Å². The summed E-state index contributed by atoms with van der Waals surface area (Å²) in [5.41, 5.74) is 6.25. The zero-order valence-corrected chi connectivity index (χ0v) is 11.1. The number of hydrogen-bond acceptors (Lipinski definition) is 5. The van der Waals surface area contributed by atoms with Gasteiger partial charge >= 0.3 is 5.69 Å². The molecule has 0 amide bonds. The standard InChI is InChI=1S/C12H20N4O2/c1-4-15(9-12(2,3)8-13)10-5-6-14-7-11(10)16(17)18/h5-7H,4,8-9,13H2,1-3H3. The van der Waals surface area contributed by atoms with E-state index in [2.05, 4.69) is 4.98 Å². The maximum Gasteiger partial charge on any atom is 0.310 e. The maximum atomic E-state index is 11.0. The van der Waals surface area contributed by atoms with Gasteiger partial charge in [0.25, 0.3) is 0 Å². The van der Waals surface area contributed by atoms with Crippen LogP contribution in [0.25, 0.3) is 0 Å². The van der Waals surface area contributed by atoms with Crippen LogP contribution in [0.4, 0.5) is 11.4 Å². The molecule has 0 bridgehead atoms. The number of pyridine rings is 1. The lowest BCUT2D eigenvalue weighted by molar-refractivity contribution is -0.384. The Kier molecular flexibility index (Phi) is 4.61. The molecule has 0 saturated heterocycles. The van der Waals surface area contributed by atoms with E-state index in [4.69, 9.17) is 5.73 Å². The highest BCUT2D eigenvalue weighted by atomic mass is 16.6. The van der Waals surface area contributed by atoms with Crippen LogP contribution in [-0.4, -0.2) is 29.5 Å². The van der Waals surface area contributed by atoms with Crippen LogP contribution < -0.4 is 10.6 Å². The van der Waals surface area contributed by atoms with Gasteiger partial charge < -0.3 is 10.6 Å². The lowest BCUT2D eigenvalue weighted by Crippen LogP contribution is -2.39. The first-order valence-electron chi connectivity index (χ1n) is 5.94. The molecule has 0 atom stereocenters. The van der Waals surface area contributed by atoms with Crippen LogP contribution in [-0.2, 0) is 0 Å². The predicted molar refractivity (Wildman–Crippen MR) is 71.6 cm³/mol. The predicted octanol–water partition coefficient (Wildman–Crippen LogP) is 1.80. The van der Waals surface area contributed by atoms with Gasteiger partial charge in [0.15, 0.2) is 0 Å². The Morgan fingerprint density at radius 2 is 2.22 bits per heavy atom. The molecule has 0 radical (unpaired) electrons. The summed E-state index contributed by atoms with van der Waals surface area (Å²) in [5, 5.41) is 11.0. The summed E-state index contributed by atoms with van der Waals surface area (Å²) in [4.78, 5) is 16.4. The van der Waals surface area contributed by atoms with Crippen LogP contribution in [0.15, 0.2) is 18.5 Å². The van der Waals surface area contributed by atoms with E-state index in [0.29, 0.717) is 25.3 Å². The molecule has 0 aliphatic rings. The first-order valence-corrected chi connectivity index (χ1v) is 5.94. The molecule has 2 N–H and O–H groups in total. The summed E-state index contributed by atoms with van der Waals surface area (Å²) in [6.45, 7) is 7.95. The van der Waals surface area contributed by atoms with E-state index in [9.17, 15) is 10.1 Å². The van der Waals surface area contributed by atoms with Gasteiger partial charge in [0.2, 0.25) is 0 Å². The number of anilines is 1. The van der Waals surface area contributed by atoms with Gasteiger partial charge in [-0.25, -0.2) is 0 Å². The second-order valence-electron chi connectivity index (χ2n) is 5.00. The second-order valence-corrected chi connectivity index (χ2v) is 5.00. The van der Waals surface area contributed by atoms with Crippen LogP contribution in [0, 0.1) is 15.5 Å². The highest BCUT2D eigenvalue weighted by molar-refractivity contribution is 5.61.